The summed E-state index contributed by atoms with van der Waals surface area (Å²) in [5, 5.41) is 10.9. The largest absolute Gasteiger partial charge is 0.376 e. The minimum absolute atomic E-state index is 0.141. The molecule has 2 aromatic carbocycles. The maximum absolute atomic E-state index is 12.7. The Hall–Kier alpha value is -3.39. The number of imide groups is 1. The van der Waals surface area contributed by atoms with Gasteiger partial charge in [-0.1, -0.05) is 18.2 Å². The van der Waals surface area contributed by atoms with E-state index in [9.17, 15) is 24.5 Å². The van der Waals surface area contributed by atoms with Crippen LogP contribution in [0.3, 0.4) is 0 Å². The van der Waals surface area contributed by atoms with Gasteiger partial charge in [0.2, 0.25) is 0 Å². The van der Waals surface area contributed by atoms with E-state index in [-0.39, 0.29) is 40.6 Å². The lowest BCUT2D eigenvalue weighted by molar-refractivity contribution is -0.384. The van der Waals surface area contributed by atoms with E-state index in [4.69, 9.17) is 4.74 Å². The lowest BCUT2D eigenvalue weighted by atomic mass is 9.99. The molecule has 0 aromatic heterocycles. The van der Waals surface area contributed by atoms with Gasteiger partial charge < -0.3 is 4.74 Å². The third-order valence-corrected chi connectivity index (χ3v) is 4.96. The Morgan fingerprint density at radius 2 is 1.86 bits per heavy atom. The van der Waals surface area contributed by atoms with Crippen molar-refractivity contribution < 1.29 is 24.0 Å². The number of nitro benzene ring substituents is 1. The maximum atomic E-state index is 12.7. The molecule has 2 aliphatic heterocycles. The summed E-state index contributed by atoms with van der Waals surface area (Å²) in [6, 6.07) is 9.68. The molecule has 8 heteroatoms. The Labute approximate surface area is 159 Å². The van der Waals surface area contributed by atoms with Crippen molar-refractivity contribution in [2.45, 2.75) is 18.9 Å². The molecule has 1 fully saturated rings. The number of ketones is 1. The molecule has 1 saturated heterocycles. The maximum Gasteiger partial charge on any atom is 0.270 e. The number of non-ortho nitro benzene ring substituents is 1. The highest BCUT2D eigenvalue weighted by Crippen LogP contribution is 2.27. The predicted octanol–water partition coefficient (Wildman–Crippen LogP) is 2.60. The molecule has 2 aromatic rings. The summed E-state index contributed by atoms with van der Waals surface area (Å²) >= 11 is 0. The van der Waals surface area contributed by atoms with Crippen molar-refractivity contribution in [2.24, 2.45) is 0 Å². The quantitative estimate of drug-likeness (QED) is 0.342. The molecule has 0 N–H and O–H groups in total. The molecule has 0 spiro atoms. The van der Waals surface area contributed by atoms with Crippen LogP contribution in [0.5, 0.6) is 0 Å². The summed E-state index contributed by atoms with van der Waals surface area (Å²) in [6.45, 7) is 0.816. The van der Waals surface area contributed by atoms with E-state index >= 15 is 0 Å². The summed E-state index contributed by atoms with van der Waals surface area (Å²) < 4.78 is 5.51. The van der Waals surface area contributed by atoms with E-state index in [2.05, 4.69) is 0 Å². The van der Waals surface area contributed by atoms with Crippen LogP contribution in [-0.2, 0) is 4.74 Å². The van der Waals surface area contributed by atoms with Gasteiger partial charge in [-0.2, -0.15) is 0 Å². The minimum atomic E-state index is -0.579. The summed E-state index contributed by atoms with van der Waals surface area (Å²) in [6.07, 6.45) is 1.53. The lowest BCUT2D eigenvalue weighted by Crippen LogP contribution is -2.36. The van der Waals surface area contributed by atoms with E-state index < -0.39 is 22.5 Å². The zero-order valence-corrected chi connectivity index (χ0v) is 14.8. The van der Waals surface area contributed by atoms with Crippen molar-refractivity contribution in [2.75, 3.05) is 13.2 Å². The van der Waals surface area contributed by atoms with Crippen molar-refractivity contribution in [3.8, 4) is 0 Å². The van der Waals surface area contributed by atoms with Crippen LogP contribution in [0.15, 0.2) is 42.5 Å². The molecule has 28 heavy (non-hydrogen) atoms. The minimum Gasteiger partial charge on any atom is -0.376 e. The highest BCUT2D eigenvalue weighted by atomic mass is 16.6. The second-order valence-electron chi connectivity index (χ2n) is 6.75. The first-order valence-corrected chi connectivity index (χ1v) is 8.86. The van der Waals surface area contributed by atoms with Crippen LogP contribution in [-0.4, -0.2) is 46.7 Å². The molecule has 0 aliphatic carbocycles. The Kier molecular flexibility index (Phi) is 4.48. The molecular formula is C20H16N2O6. The van der Waals surface area contributed by atoms with Gasteiger partial charge >= 0.3 is 0 Å². The van der Waals surface area contributed by atoms with Crippen LogP contribution >= 0.6 is 0 Å². The summed E-state index contributed by atoms with van der Waals surface area (Å²) in [5.74, 6) is -1.31. The van der Waals surface area contributed by atoms with E-state index in [1.807, 2.05) is 0 Å². The zero-order valence-electron chi connectivity index (χ0n) is 14.8. The number of benzene rings is 2. The fraction of sp³-hybridized carbons (Fsp3) is 0.250. The van der Waals surface area contributed by atoms with Crippen LogP contribution in [0.1, 0.15) is 49.5 Å². The molecule has 1 atom stereocenters. The molecular weight excluding hydrogens is 364 g/mol. The van der Waals surface area contributed by atoms with Crippen LogP contribution in [0, 0.1) is 10.1 Å². The molecule has 0 saturated carbocycles. The average molecular weight is 380 g/mol. The number of carbonyl (C=O) groups excluding carboxylic acids is 3. The van der Waals surface area contributed by atoms with Gasteiger partial charge in [-0.05, 0) is 25.0 Å². The number of fused-ring (bicyclic) bond motifs is 1. The van der Waals surface area contributed by atoms with Crippen molar-refractivity contribution in [3.63, 3.8) is 0 Å². The summed E-state index contributed by atoms with van der Waals surface area (Å²) in [4.78, 5) is 49.5. The van der Waals surface area contributed by atoms with Crippen molar-refractivity contribution in [3.05, 3.63) is 74.8 Å². The number of amides is 2. The first kappa shape index (κ1) is 18.0. The molecule has 8 nitrogen and oxygen atoms in total. The summed E-state index contributed by atoms with van der Waals surface area (Å²) in [7, 11) is 0. The normalized spacial score (nSPS) is 18.4. The number of rotatable bonds is 5. The summed E-state index contributed by atoms with van der Waals surface area (Å²) in [5.41, 5.74) is 0.556. The third-order valence-electron chi connectivity index (χ3n) is 4.96. The number of hydrogen-bond donors (Lipinski definition) is 0. The average Bonchev–Trinajstić information content (AvgIpc) is 3.30. The van der Waals surface area contributed by atoms with Crippen molar-refractivity contribution in [1.29, 1.82) is 0 Å². The second kappa shape index (κ2) is 6.97. The molecule has 2 aliphatic rings. The number of hydrogen-bond acceptors (Lipinski definition) is 6. The Balaban J connectivity index is 1.62. The highest BCUT2D eigenvalue weighted by molar-refractivity contribution is 6.22. The third kappa shape index (κ3) is 3.07. The van der Waals surface area contributed by atoms with E-state index in [0.717, 1.165) is 17.7 Å². The Morgan fingerprint density at radius 1 is 1.11 bits per heavy atom. The molecule has 2 amide bonds. The van der Waals surface area contributed by atoms with Gasteiger partial charge in [-0.15, -0.1) is 0 Å². The zero-order chi connectivity index (χ0) is 19.8. The first-order chi connectivity index (χ1) is 13.5. The van der Waals surface area contributed by atoms with Gasteiger partial charge in [0.15, 0.2) is 5.78 Å². The highest BCUT2D eigenvalue weighted by Gasteiger charge is 2.38. The predicted molar refractivity (Wildman–Crippen MR) is 97.3 cm³/mol. The standard InChI is InChI=1S/C20H16N2O6/c23-18(12-3-1-4-14(9-12)22(26)27)13-6-7-16-17(10-13)20(25)21(19(16)24)11-15-5-2-8-28-15/h1,3-4,6-7,9-10,15H,2,5,8,11H2/t15-/m0/s1. The van der Waals surface area contributed by atoms with E-state index in [0.29, 0.717) is 6.61 Å². The van der Waals surface area contributed by atoms with Crippen LogP contribution in [0.4, 0.5) is 5.69 Å². The molecule has 142 valence electrons. The smallest absolute Gasteiger partial charge is 0.270 e. The fourth-order valence-electron chi connectivity index (χ4n) is 3.52. The Bertz CT molecular complexity index is 1010. The fourth-order valence-corrected chi connectivity index (χ4v) is 3.52. The van der Waals surface area contributed by atoms with Gasteiger partial charge in [0.1, 0.15) is 0 Å². The Morgan fingerprint density at radius 3 is 2.57 bits per heavy atom. The van der Waals surface area contributed by atoms with Crippen molar-refractivity contribution in [1.82, 2.24) is 4.90 Å². The number of nitrogens with zero attached hydrogens (tertiary/aromatic N) is 2. The van der Waals surface area contributed by atoms with Crippen LogP contribution < -0.4 is 0 Å². The topological polar surface area (TPSA) is 107 Å². The molecule has 0 bridgehead atoms. The van der Waals surface area contributed by atoms with Gasteiger partial charge in [-0.3, -0.25) is 29.4 Å². The first-order valence-electron chi connectivity index (χ1n) is 8.86. The van der Waals surface area contributed by atoms with Gasteiger partial charge in [-0.25, -0.2) is 0 Å². The van der Waals surface area contributed by atoms with Gasteiger partial charge in [0.05, 0.1) is 28.7 Å². The lowest BCUT2D eigenvalue weighted by Gasteiger charge is -2.17. The SMILES string of the molecule is O=C(c1cccc([N+](=O)[O-])c1)c1ccc2c(c1)C(=O)N(C[C@@H]1CCCO1)C2=O. The molecule has 0 unspecified atom stereocenters. The number of carbonyl (C=O) groups is 3. The van der Waals surface area contributed by atoms with Gasteiger partial charge in [0, 0.05) is 29.9 Å². The number of ether oxygens (including phenoxy) is 1. The monoisotopic (exact) mass is 380 g/mol. The van der Waals surface area contributed by atoms with Crippen LogP contribution in [0.25, 0.3) is 0 Å². The van der Waals surface area contributed by atoms with E-state index in [1.54, 1.807) is 0 Å². The second-order valence-corrected chi connectivity index (χ2v) is 6.75. The van der Waals surface area contributed by atoms with Gasteiger partial charge in [0.25, 0.3) is 17.5 Å². The molecule has 4 rings (SSSR count). The number of nitro groups is 1. The molecule has 2 heterocycles. The van der Waals surface area contributed by atoms with Crippen molar-refractivity contribution >= 4 is 23.3 Å². The van der Waals surface area contributed by atoms with E-state index in [1.165, 1.54) is 42.5 Å². The van der Waals surface area contributed by atoms with Crippen LogP contribution in [0.2, 0.25) is 0 Å². The molecule has 0 radical (unpaired) electrons.